The van der Waals surface area contributed by atoms with Crippen LogP contribution >= 0.6 is 0 Å². The number of likely N-dealkylation sites (tertiary alicyclic amines) is 1. The van der Waals surface area contributed by atoms with Crippen LogP contribution in [0.15, 0.2) is 6.20 Å². The second-order valence-corrected chi connectivity index (χ2v) is 3.83. The Hall–Kier alpha value is -1.56. The summed E-state index contributed by atoms with van der Waals surface area (Å²) >= 11 is 0. The van der Waals surface area contributed by atoms with Gasteiger partial charge in [0.2, 0.25) is 0 Å². The Morgan fingerprint density at radius 2 is 2.40 bits per heavy atom. The second kappa shape index (κ2) is 3.54. The van der Waals surface area contributed by atoms with Gasteiger partial charge in [-0.25, -0.2) is 0 Å². The molecule has 0 saturated carbocycles. The smallest absolute Gasteiger partial charge is 0.274 e. The van der Waals surface area contributed by atoms with Gasteiger partial charge in [-0.2, -0.15) is 5.10 Å². The lowest BCUT2D eigenvalue weighted by Gasteiger charge is -2.38. The van der Waals surface area contributed by atoms with Crippen LogP contribution in [0.4, 0.5) is 5.69 Å². The number of anilines is 1. The first-order chi connectivity index (χ1) is 7.13. The first-order valence-corrected chi connectivity index (χ1v) is 4.81. The summed E-state index contributed by atoms with van der Waals surface area (Å²) in [6.45, 7) is 1.32. The molecule has 0 spiro atoms. The highest BCUT2D eigenvalue weighted by Crippen LogP contribution is 2.20. The monoisotopic (exact) mass is 210 g/mol. The van der Waals surface area contributed by atoms with Crippen LogP contribution in [0.3, 0.4) is 0 Å². The minimum Gasteiger partial charge on any atom is -0.396 e. The molecule has 2 heterocycles. The number of carbonyl (C=O) groups excluding carboxylic acids is 1. The zero-order valence-electron chi connectivity index (χ0n) is 8.55. The third-order valence-corrected chi connectivity index (χ3v) is 2.67. The average Bonchev–Trinajstić information content (AvgIpc) is 2.44. The topological polar surface area (TPSA) is 84.4 Å². The minimum absolute atomic E-state index is 0.114. The van der Waals surface area contributed by atoms with E-state index in [0.717, 1.165) is 0 Å². The molecule has 1 aromatic rings. The van der Waals surface area contributed by atoms with Crippen LogP contribution in [-0.4, -0.2) is 45.4 Å². The molecule has 1 aromatic heterocycles. The van der Waals surface area contributed by atoms with E-state index < -0.39 is 0 Å². The van der Waals surface area contributed by atoms with E-state index >= 15 is 0 Å². The van der Waals surface area contributed by atoms with Gasteiger partial charge in [0.1, 0.15) is 5.69 Å². The van der Waals surface area contributed by atoms with Gasteiger partial charge in [-0.15, -0.1) is 0 Å². The van der Waals surface area contributed by atoms with Gasteiger partial charge in [0.15, 0.2) is 0 Å². The van der Waals surface area contributed by atoms with Crippen LogP contribution < -0.4 is 5.73 Å². The lowest BCUT2D eigenvalue weighted by atomic mass is 10.0. The van der Waals surface area contributed by atoms with Crippen molar-refractivity contribution in [2.45, 2.75) is 0 Å². The number of aryl methyl sites for hydroxylation is 1. The van der Waals surface area contributed by atoms with Crippen molar-refractivity contribution in [3.63, 3.8) is 0 Å². The van der Waals surface area contributed by atoms with Gasteiger partial charge in [-0.1, -0.05) is 0 Å². The summed E-state index contributed by atoms with van der Waals surface area (Å²) in [6, 6.07) is 0. The molecule has 0 aromatic carbocycles. The van der Waals surface area contributed by atoms with Gasteiger partial charge in [-0.05, 0) is 0 Å². The molecule has 2 rings (SSSR count). The Balaban J connectivity index is 2.10. The van der Waals surface area contributed by atoms with E-state index in [1.807, 2.05) is 0 Å². The van der Waals surface area contributed by atoms with Gasteiger partial charge in [-0.3, -0.25) is 9.48 Å². The van der Waals surface area contributed by atoms with Crippen LogP contribution in [0.2, 0.25) is 0 Å². The van der Waals surface area contributed by atoms with Crippen LogP contribution in [0.5, 0.6) is 0 Å². The lowest BCUT2D eigenvalue weighted by molar-refractivity contribution is 0.0353. The zero-order valence-corrected chi connectivity index (χ0v) is 8.55. The molecule has 3 N–H and O–H groups in total. The SMILES string of the molecule is Cn1ncc(N)c1C(=O)N1CC(CO)C1. The molecular formula is C9H14N4O2. The molecule has 1 aliphatic heterocycles. The maximum Gasteiger partial charge on any atom is 0.274 e. The summed E-state index contributed by atoms with van der Waals surface area (Å²) in [4.78, 5) is 13.6. The van der Waals surface area contributed by atoms with Crippen LogP contribution in [0, 0.1) is 5.92 Å². The Bertz CT molecular complexity index is 362. The van der Waals surface area contributed by atoms with Crippen molar-refractivity contribution >= 4 is 11.6 Å². The maximum atomic E-state index is 11.9. The molecule has 6 nitrogen and oxygen atoms in total. The molecule has 82 valence electrons. The second-order valence-electron chi connectivity index (χ2n) is 3.83. The maximum absolute atomic E-state index is 11.9. The quantitative estimate of drug-likeness (QED) is 0.660. The lowest BCUT2D eigenvalue weighted by Crippen LogP contribution is -2.51. The highest BCUT2D eigenvalue weighted by atomic mass is 16.3. The number of nitrogen functional groups attached to an aromatic ring is 1. The number of nitrogens with zero attached hydrogens (tertiary/aromatic N) is 3. The fourth-order valence-corrected chi connectivity index (χ4v) is 1.72. The Labute approximate surface area is 87.3 Å². The minimum atomic E-state index is -0.114. The summed E-state index contributed by atoms with van der Waals surface area (Å²) in [7, 11) is 1.69. The standard InChI is InChI=1S/C9H14N4O2/c1-12-8(7(10)2-11-12)9(15)13-3-6(4-13)5-14/h2,6,14H,3-5,10H2,1H3. The number of rotatable bonds is 2. The fourth-order valence-electron chi connectivity index (χ4n) is 1.72. The zero-order chi connectivity index (χ0) is 11.0. The predicted octanol–water partition coefficient (Wildman–Crippen LogP) is -0.933. The van der Waals surface area contributed by atoms with E-state index in [1.165, 1.54) is 10.9 Å². The van der Waals surface area contributed by atoms with Crippen molar-refractivity contribution in [1.82, 2.24) is 14.7 Å². The molecule has 0 bridgehead atoms. The molecule has 15 heavy (non-hydrogen) atoms. The van der Waals surface area contributed by atoms with Crippen LogP contribution in [-0.2, 0) is 7.05 Å². The number of amides is 1. The summed E-state index contributed by atoms with van der Waals surface area (Å²) < 4.78 is 1.48. The summed E-state index contributed by atoms with van der Waals surface area (Å²) in [6.07, 6.45) is 1.47. The Morgan fingerprint density at radius 1 is 1.73 bits per heavy atom. The van der Waals surface area contributed by atoms with Crippen molar-refractivity contribution in [3.05, 3.63) is 11.9 Å². The molecule has 1 fully saturated rings. The number of carbonyl (C=O) groups is 1. The molecular weight excluding hydrogens is 196 g/mol. The van der Waals surface area contributed by atoms with E-state index in [0.29, 0.717) is 24.5 Å². The first-order valence-electron chi connectivity index (χ1n) is 4.81. The van der Waals surface area contributed by atoms with Gasteiger partial charge < -0.3 is 15.7 Å². The first kappa shape index (κ1) is 9.97. The normalized spacial score (nSPS) is 16.5. The molecule has 0 unspecified atom stereocenters. The number of nitrogens with two attached hydrogens (primary N) is 1. The van der Waals surface area contributed by atoms with Crippen molar-refractivity contribution in [1.29, 1.82) is 0 Å². The van der Waals surface area contributed by atoms with Gasteiger partial charge in [0.25, 0.3) is 5.91 Å². The van der Waals surface area contributed by atoms with E-state index in [-0.39, 0.29) is 18.4 Å². The van der Waals surface area contributed by atoms with Gasteiger partial charge in [0.05, 0.1) is 11.9 Å². The van der Waals surface area contributed by atoms with Crippen LogP contribution in [0.25, 0.3) is 0 Å². The molecule has 1 amide bonds. The Kier molecular flexibility index (Phi) is 2.36. The molecule has 6 heteroatoms. The highest BCUT2D eigenvalue weighted by molar-refractivity contribution is 5.97. The van der Waals surface area contributed by atoms with Gasteiger partial charge >= 0.3 is 0 Å². The highest BCUT2D eigenvalue weighted by Gasteiger charge is 2.32. The summed E-state index contributed by atoms with van der Waals surface area (Å²) in [5, 5.41) is 12.8. The third kappa shape index (κ3) is 1.56. The number of hydrogen-bond donors (Lipinski definition) is 2. The molecule has 0 aliphatic carbocycles. The number of hydrogen-bond acceptors (Lipinski definition) is 4. The van der Waals surface area contributed by atoms with E-state index in [1.54, 1.807) is 11.9 Å². The predicted molar refractivity (Wildman–Crippen MR) is 54.1 cm³/mol. The van der Waals surface area contributed by atoms with Crippen molar-refractivity contribution < 1.29 is 9.90 Å². The van der Waals surface area contributed by atoms with E-state index in [2.05, 4.69) is 5.10 Å². The number of aromatic nitrogens is 2. The fraction of sp³-hybridized carbons (Fsp3) is 0.556. The molecule has 0 radical (unpaired) electrons. The number of aliphatic hydroxyl groups is 1. The molecule has 1 saturated heterocycles. The van der Waals surface area contributed by atoms with Crippen molar-refractivity contribution in [2.24, 2.45) is 13.0 Å². The van der Waals surface area contributed by atoms with E-state index in [4.69, 9.17) is 10.8 Å². The van der Waals surface area contributed by atoms with Gasteiger partial charge in [0, 0.05) is 32.7 Å². The largest absolute Gasteiger partial charge is 0.396 e. The Morgan fingerprint density at radius 3 is 2.87 bits per heavy atom. The summed E-state index contributed by atoms with van der Waals surface area (Å²) in [5.74, 6) is 0.0978. The van der Waals surface area contributed by atoms with Crippen molar-refractivity contribution in [2.75, 3.05) is 25.4 Å². The third-order valence-electron chi connectivity index (χ3n) is 2.67. The van der Waals surface area contributed by atoms with Crippen LogP contribution in [0.1, 0.15) is 10.5 Å². The summed E-state index contributed by atoms with van der Waals surface area (Å²) in [5.41, 5.74) is 6.47. The van der Waals surface area contributed by atoms with Crippen molar-refractivity contribution in [3.8, 4) is 0 Å². The molecule has 0 atom stereocenters. The molecule has 1 aliphatic rings. The number of aliphatic hydroxyl groups excluding tert-OH is 1. The van der Waals surface area contributed by atoms with E-state index in [9.17, 15) is 4.79 Å². The average molecular weight is 210 g/mol.